The van der Waals surface area contributed by atoms with E-state index in [1.165, 1.54) is 5.57 Å². The standard InChI is InChI=1S/C17H22O2/c1-12(2)10-14-15(17(14,3)4)11-19-16(18)13-8-6-5-7-9-13/h5-10,14-15H,11H2,1-4H3/t14-,15+/m1/s1. The van der Waals surface area contributed by atoms with E-state index in [0.29, 0.717) is 24.0 Å². The molecule has 1 aliphatic carbocycles. The molecule has 1 fully saturated rings. The SMILES string of the molecule is CC(C)=C[C@@H]1[C@H](COC(=O)c2ccccc2)C1(C)C. The van der Waals surface area contributed by atoms with Gasteiger partial charge in [-0.15, -0.1) is 0 Å². The summed E-state index contributed by atoms with van der Waals surface area (Å²) in [4.78, 5) is 11.9. The topological polar surface area (TPSA) is 26.3 Å². The molecular formula is C17H22O2. The van der Waals surface area contributed by atoms with Gasteiger partial charge in [0.25, 0.3) is 0 Å². The molecule has 0 heterocycles. The largest absolute Gasteiger partial charge is 0.462 e. The number of carbonyl (C=O) groups is 1. The lowest BCUT2D eigenvalue weighted by molar-refractivity contribution is 0.0471. The zero-order chi connectivity index (χ0) is 14.0. The van der Waals surface area contributed by atoms with Gasteiger partial charge in [0.2, 0.25) is 0 Å². The molecule has 2 nitrogen and oxygen atoms in total. The number of hydrogen-bond donors (Lipinski definition) is 0. The summed E-state index contributed by atoms with van der Waals surface area (Å²) < 4.78 is 5.43. The van der Waals surface area contributed by atoms with Gasteiger partial charge in [0.1, 0.15) is 0 Å². The average Bonchev–Trinajstić information content (AvgIpc) is 2.87. The first kappa shape index (κ1) is 13.9. The smallest absolute Gasteiger partial charge is 0.338 e. The highest BCUT2D eigenvalue weighted by Crippen LogP contribution is 2.59. The summed E-state index contributed by atoms with van der Waals surface area (Å²) in [5.74, 6) is 0.746. The first-order valence-electron chi connectivity index (χ1n) is 6.80. The fourth-order valence-electron chi connectivity index (χ4n) is 2.62. The van der Waals surface area contributed by atoms with Crippen molar-refractivity contribution < 1.29 is 9.53 Å². The Morgan fingerprint density at radius 2 is 1.89 bits per heavy atom. The van der Waals surface area contributed by atoms with E-state index in [1.54, 1.807) is 12.1 Å². The Morgan fingerprint density at radius 3 is 2.47 bits per heavy atom. The van der Waals surface area contributed by atoms with Crippen LogP contribution in [0, 0.1) is 17.3 Å². The summed E-state index contributed by atoms with van der Waals surface area (Å²) >= 11 is 0. The molecule has 0 spiro atoms. The molecular weight excluding hydrogens is 236 g/mol. The molecule has 2 rings (SSSR count). The van der Waals surface area contributed by atoms with Gasteiger partial charge in [-0.25, -0.2) is 4.79 Å². The van der Waals surface area contributed by atoms with Gasteiger partial charge >= 0.3 is 5.97 Å². The van der Waals surface area contributed by atoms with E-state index in [-0.39, 0.29) is 11.4 Å². The highest BCUT2D eigenvalue weighted by molar-refractivity contribution is 5.89. The lowest BCUT2D eigenvalue weighted by Gasteiger charge is -2.05. The molecule has 1 saturated carbocycles. The molecule has 1 aromatic carbocycles. The molecule has 0 aromatic heterocycles. The van der Waals surface area contributed by atoms with E-state index in [1.807, 2.05) is 18.2 Å². The van der Waals surface area contributed by atoms with Crippen molar-refractivity contribution in [1.82, 2.24) is 0 Å². The maximum atomic E-state index is 11.9. The number of rotatable bonds is 4. The van der Waals surface area contributed by atoms with Crippen LogP contribution in [0.5, 0.6) is 0 Å². The second-order valence-electron chi connectivity index (χ2n) is 6.16. The van der Waals surface area contributed by atoms with Crippen molar-refractivity contribution in [3.63, 3.8) is 0 Å². The third-order valence-electron chi connectivity index (χ3n) is 4.06. The average molecular weight is 258 g/mol. The van der Waals surface area contributed by atoms with Crippen molar-refractivity contribution in [2.24, 2.45) is 17.3 Å². The first-order chi connectivity index (χ1) is 8.93. The minimum atomic E-state index is -0.223. The van der Waals surface area contributed by atoms with Gasteiger partial charge in [-0.3, -0.25) is 0 Å². The molecule has 0 N–H and O–H groups in total. The van der Waals surface area contributed by atoms with Crippen LogP contribution in [-0.2, 0) is 4.74 Å². The van der Waals surface area contributed by atoms with Crippen LogP contribution in [0.4, 0.5) is 0 Å². The summed E-state index contributed by atoms with van der Waals surface area (Å²) in [6.07, 6.45) is 2.29. The Balaban J connectivity index is 1.91. The first-order valence-corrected chi connectivity index (χ1v) is 6.80. The van der Waals surface area contributed by atoms with E-state index >= 15 is 0 Å². The molecule has 0 radical (unpaired) electrons. The number of esters is 1. The van der Waals surface area contributed by atoms with Crippen molar-refractivity contribution in [2.45, 2.75) is 27.7 Å². The Morgan fingerprint density at radius 1 is 1.26 bits per heavy atom. The van der Waals surface area contributed by atoms with Gasteiger partial charge in [0.15, 0.2) is 0 Å². The van der Waals surface area contributed by atoms with Crippen LogP contribution in [0.3, 0.4) is 0 Å². The van der Waals surface area contributed by atoms with Gasteiger partial charge in [0.05, 0.1) is 12.2 Å². The van der Waals surface area contributed by atoms with Crippen molar-refractivity contribution in [3.8, 4) is 0 Å². The Kier molecular flexibility index (Phi) is 3.79. The predicted molar refractivity (Wildman–Crippen MR) is 76.9 cm³/mol. The molecule has 0 amide bonds. The Labute approximate surface area is 115 Å². The number of hydrogen-bond acceptors (Lipinski definition) is 2. The maximum absolute atomic E-state index is 11.9. The van der Waals surface area contributed by atoms with E-state index in [4.69, 9.17) is 4.74 Å². The molecule has 0 aliphatic heterocycles. The molecule has 1 aliphatic rings. The fraction of sp³-hybridized carbons (Fsp3) is 0.471. The second-order valence-corrected chi connectivity index (χ2v) is 6.16. The Hall–Kier alpha value is -1.57. The molecule has 0 bridgehead atoms. The monoisotopic (exact) mass is 258 g/mol. The normalized spacial score (nSPS) is 23.6. The summed E-state index contributed by atoms with van der Waals surface area (Å²) in [6.45, 7) is 9.20. The summed E-state index contributed by atoms with van der Waals surface area (Å²) in [6, 6.07) is 9.17. The van der Waals surface area contributed by atoms with Gasteiger partial charge < -0.3 is 4.74 Å². The highest BCUT2D eigenvalue weighted by Gasteiger charge is 2.56. The molecule has 102 valence electrons. The van der Waals surface area contributed by atoms with E-state index in [9.17, 15) is 4.79 Å². The quantitative estimate of drug-likeness (QED) is 0.601. The van der Waals surface area contributed by atoms with Crippen LogP contribution in [0.2, 0.25) is 0 Å². The molecule has 0 saturated heterocycles. The molecule has 1 aromatic rings. The van der Waals surface area contributed by atoms with Gasteiger partial charge in [-0.1, -0.05) is 43.7 Å². The van der Waals surface area contributed by atoms with Crippen LogP contribution in [0.15, 0.2) is 42.0 Å². The van der Waals surface area contributed by atoms with Crippen molar-refractivity contribution in [1.29, 1.82) is 0 Å². The summed E-state index contributed by atoms with van der Waals surface area (Å²) in [5, 5.41) is 0. The molecule has 19 heavy (non-hydrogen) atoms. The van der Waals surface area contributed by atoms with E-state index < -0.39 is 0 Å². The van der Waals surface area contributed by atoms with E-state index in [2.05, 4.69) is 33.8 Å². The third kappa shape index (κ3) is 3.06. The van der Waals surface area contributed by atoms with Gasteiger partial charge in [0, 0.05) is 5.92 Å². The number of carbonyl (C=O) groups excluding carboxylic acids is 1. The van der Waals surface area contributed by atoms with Crippen molar-refractivity contribution in [3.05, 3.63) is 47.5 Å². The molecule has 2 heteroatoms. The highest BCUT2D eigenvalue weighted by atomic mass is 16.5. The number of allylic oxidation sites excluding steroid dienone is 2. The zero-order valence-electron chi connectivity index (χ0n) is 12.1. The number of benzene rings is 1. The van der Waals surface area contributed by atoms with Crippen LogP contribution < -0.4 is 0 Å². The minimum Gasteiger partial charge on any atom is -0.462 e. The van der Waals surface area contributed by atoms with Crippen molar-refractivity contribution >= 4 is 5.97 Å². The van der Waals surface area contributed by atoms with Crippen LogP contribution in [-0.4, -0.2) is 12.6 Å². The summed E-state index contributed by atoms with van der Waals surface area (Å²) in [7, 11) is 0. The zero-order valence-corrected chi connectivity index (χ0v) is 12.1. The van der Waals surface area contributed by atoms with Crippen molar-refractivity contribution in [2.75, 3.05) is 6.61 Å². The van der Waals surface area contributed by atoms with Gasteiger partial charge in [-0.05, 0) is 37.3 Å². The minimum absolute atomic E-state index is 0.223. The van der Waals surface area contributed by atoms with E-state index in [0.717, 1.165) is 0 Å². The number of ether oxygens (including phenoxy) is 1. The maximum Gasteiger partial charge on any atom is 0.338 e. The fourth-order valence-corrected chi connectivity index (χ4v) is 2.62. The second kappa shape index (κ2) is 5.20. The predicted octanol–water partition coefficient (Wildman–Crippen LogP) is 4.08. The van der Waals surface area contributed by atoms with Gasteiger partial charge in [-0.2, -0.15) is 0 Å². The molecule has 2 atom stereocenters. The lowest BCUT2D eigenvalue weighted by Crippen LogP contribution is -2.09. The summed E-state index contributed by atoms with van der Waals surface area (Å²) in [5.41, 5.74) is 2.20. The Bertz CT molecular complexity index is 481. The molecule has 0 unspecified atom stereocenters. The lowest BCUT2D eigenvalue weighted by atomic mass is 10.1. The van der Waals surface area contributed by atoms with Crippen LogP contribution >= 0.6 is 0 Å². The van der Waals surface area contributed by atoms with Crippen LogP contribution in [0.1, 0.15) is 38.1 Å². The van der Waals surface area contributed by atoms with Crippen LogP contribution in [0.25, 0.3) is 0 Å². The third-order valence-corrected chi connectivity index (χ3v) is 4.06.